The van der Waals surface area contributed by atoms with Crippen LogP contribution in [0.25, 0.3) is 0 Å². The molecule has 0 amide bonds. The van der Waals surface area contributed by atoms with Crippen molar-refractivity contribution in [2.24, 2.45) is 0 Å². The lowest BCUT2D eigenvalue weighted by molar-refractivity contribution is 0.594. The average Bonchev–Trinajstić information content (AvgIpc) is 2.47. The molecule has 0 N–H and O–H groups in total. The van der Waals surface area contributed by atoms with E-state index in [0.717, 1.165) is 0 Å². The topological polar surface area (TPSA) is 54.5 Å². The van der Waals surface area contributed by atoms with E-state index in [1.165, 1.54) is 23.5 Å². The number of anilines is 1. The van der Waals surface area contributed by atoms with Gasteiger partial charge in [-0.2, -0.15) is 0 Å². The quantitative estimate of drug-likeness (QED) is 0.812. The second-order valence-corrected chi connectivity index (χ2v) is 6.48. The van der Waals surface area contributed by atoms with Gasteiger partial charge in [0.2, 0.25) is 0 Å². The third-order valence-corrected chi connectivity index (χ3v) is 4.97. The van der Waals surface area contributed by atoms with Crippen LogP contribution >= 0.6 is 8.46 Å². The first-order valence-electron chi connectivity index (χ1n) is 5.44. The molecule has 1 radical (unpaired) electrons. The Kier molecular flexibility index (Phi) is 3.98. The lowest BCUT2D eigenvalue weighted by Gasteiger charge is -2.19. The molecule has 0 spiro atoms. The SMILES string of the molecule is CN(c1ccc(P=O)cc1)S(=O)(=O)c1cc[c]cc1. The fourth-order valence-electron chi connectivity index (χ4n) is 1.56. The van der Waals surface area contributed by atoms with Crippen molar-refractivity contribution in [1.29, 1.82) is 0 Å². The molecule has 0 heterocycles. The molecule has 0 unspecified atom stereocenters. The molecule has 0 fully saturated rings. The summed E-state index contributed by atoms with van der Waals surface area (Å²) in [5.74, 6) is 0. The minimum absolute atomic E-state index is 0.0858. The number of nitrogens with zero attached hydrogens (tertiary/aromatic N) is 1. The monoisotopic (exact) mass is 292 g/mol. The summed E-state index contributed by atoms with van der Waals surface area (Å²) in [6.07, 6.45) is 0. The fraction of sp³-hybridized carbons (Fsp3) is 0.0769. The molecule has 0 bridgehead atoms. The minimum atomic E-state index is -3.58. The van der Waals surface area contributed by atoms with Gasteiger partial charge in [0, 0.05) is 12.4 Å². The molecule has 2 aromatic carbocycles. The summed E-state index contributed by atoms with van der Waals surface area (Å²) in [6.45, 7) is 0. The number of benzene rings is 2. The van der Waals surface area contributed by atoms with E-state index < -0.39 is 10.0 Å². The molecule has 0 aliphatic heterocycles. The zero-order chi connectivity index (χ0) is 13.9. The van der Waals surface area contributed by atoms with Crippen LogP contribution in [-0.2, 0) is 14.6 Å². The standard InChI is InChI=1S/C13H11NO3PS/c1-14(11-7-9-12(18-15)10-8-11)19(16,17)13-5-3-2-4-6-13/h3-10H,1H3. The zero-order valence-corrected chi connectivity index (χ0v) is 11.9. The highest BCUT2D eigenvalue weighted by atomic mass is 32.2. The molecule has 2 rings (SSSR count). The van der Waals surface area contributed by atoms with E-state index >= 15 is 0 Å². The number of hydrogen-bond donors (Lipinski definition) is 0. The van der Waals surface area contributed by atoms with Crippen molar-refractivity contribution in [3.63, 3.8) is 0 Å². The van der Waals surface area contributed by atoms with Gasteiger partial charge >= 0.3 is 0 Å². The molecule has 0 aliphatic rings. The summed E-state index contributed by atoms with van der Waals surface area (Å²) in [4.78, 5) is 0.208. The van der Waals surface area contributed by atoms with Crippen LogP contribution in [0.2, 0.25) is 0 Å². The molecule has 4 nitrogen and oxygen atoms in total. The van der Waals surface area contributed by atoms with Crippen molar-refractivity contribution < 1.29 is 13.0 Å². The molecule has 0 saturated carbocycles. The van der Waals surface area contributed by atoms with E-state index in [-0.39, 0.29) is 13.4 Å². The maximum atomic E-state index is 12.3. The Balaban J connectivity index is 2.37. The van der Waals surface area contributed by atoms with Gasteiger partial charge < -0.3 is 0 Å². The lowest BCUT2D eigenvalue weighted by atomic mass is 10.3. The summed E-state index contributed by atoms with van der Waals surface area (Å²) in [5, 5.41) is 0.601. The van der Waals surface area contributed by atoms with E-state index in [0.29, 0.717) is 11.0 Å². The van der Waals surface area contributed by atoms with Crippen LogP contribution in [0.4, 0.5) is 5.69 Å². The van der Waals surface area contributed by atoms with Crippen molar-refractivity contribution in [3.8, 4) is 0 Å². The first-order chi connectivity index (χ1) is 9.05. The van der Waals surface area contributed by atoms with E-state index in [2.05, 4.69) is 6.07 Å². The predicted molar refractivity (Wildman–Crippen MR) is 74.5 cm³/mol. The molecular formula is C13H11NO3PS. The van der Waals surface area contributed by atoms with Gasteiger partial charge in [0.25, 0.3) is 10.0 Å². The smallest absolute Gasteiger partial charge is 0.264 e. The van der Waals surface area contributed by atoms with Crippen LogP contribution in [0.3, 0.4) is 0 Å². The molecule has 97 valence electrons. The third-order valence-electron chi connectivity index (χ3n) is 2.66. The van der Waals surface area contributed by atoms with Crippen LogP contribution in [0, 0.1) is 6.07 Å². The molecule has 2 aromatic rings. The molecule has 6 heteroatoms. The second-order valence-electron chi connectivity index (χ2n) is 3.82. The maximum absolute atomic E-state index is 12.3. The largest absolute Gasteiger partial charge is 0.269 e. The Labute approximate surface area is 113 Å². The molecule has 0 aliphatic carbocycles. The van der Waals surface area contributed by atoms with Crippen molar-refractivity contribution in [1.82, 2.24) is 0 Å². The van der Waals surface area contributed by atoms with Crippen LogP contribution < -0.4 is 9.61 Å². The Hall–Kier alpha value is -1.71. The summed E-state index contributed by atoms with van der Waals surface area (Å²) >= 11 is 0. The van der Waals surface area contributed by atoms with Gasteiger partial charge in [0.1, 0.15) is 0 Å². The Morgan fingerprint density at radius 3 is 2.16 bits per heavy atom. The van der Waals surface area contributed by atoms with E-state index in [9.17, 15) is 13.0 Å². The van der Waals surface area contributed by atoms with Crippen LogP contribution in [0.15, 0.2) is 53.4 Å². The van der Waals surface area contributed by atoms with Gasteiger partial charge in [0.15, 0.2) is 8.46 Å². The zero-order valence-electron chi connectivity index (χ0n) is 10.1. The van der Waals surface area contributed by atoms with E-state index in [1.807, 2.05) is 0 Å². The minimum Gasteiger partial charge on any atom is -0.269 e. The highest BCUT2D eigenvalue weighted by molar-refractivity contribution is 7.92. The van der Waals surface area contributed by atoms with Crippen LogP contribution in [-0.4, -0.2) is 15.5 Å². The maximum Gasteiger partial charge on any atom is 0.264 e. The summed E-state index contributed by atoms with van der Waals surface area (Å²) < 4.78 is 36.5. The highest BCUT2D eigenvalue weighted by Gasteiger charge is 2.20. The lowest BCUT2D eigenvalue weighted by Crippen LogP contribution is -2.26. The third kappa shape index (κ3) is 2.83. The van der Waals surface area contributed by atoms with E-state index in [1.54, 1.807) is 36.4 Å². The summed E-state index contributed by atoms with van der Waals surface area (Å²) in [5.41, 5.74) is 0.514. The summed E-state index contributed by atoms with van der Waals surface area (Å²) in [7, 11) is -2.18. The number of rotatable bonds is 4. The normalized spacial score (nSPS) is 11.4. The molecule has 0 saturated heterocycles. The Bertz CT molecular complexity index is 669. The Morgan fingerprint density at radius 2 is 1.63 bits per heavy atom. The molecule has 0 aromatic heterocycles. The van der Waals surface area contributed by atoms with Gasteiger partial charge in [-0.1, -0.05) is 12.1 Å². The molecule has 0 atom stereocenters. The van der Waals surface area contributed by atoms with Crippen LogP contribution in [0.1, 0.15) is 0 Å². The van der Waals surface area contributed by atoms with Crippen LogP contribution in [0.5, 0.6) is 0 Å². The van der Waals surface area contributed by atoms with Gasteiger partial charge in [-0.25, -0.2) is 8.42 Å². The Morgan fingerprint density at radius 1 is 1.05 bits per heavy atom. The van der Waals surface area contributed by atoms with Crippen molar-refractivity contribution in [2.75, 3.05) is 11.4 Å². The van der Waals surface area contributed by atoms with Crippen molar-refractivity contribution in [3.05, 3.63) is 54.6 Å². The van der Waals surface area contributed by atoms with Gasteiger partial charge in [-0.3, -0.25) is 8.87 Å². The number of sulfonamides is 1. The average molecular weight is 292 g/mol. The van der Waals surface area contributed by atoms with Gasteiger partial charge in [-0.15, -0.1) is 0 Å². The predicted octanol–water partition coefficient (Wildman–Crippen LogP) is 2.23. The first kappa shape index (κ1) is 13.7. The van der Waals surface area contributed by atoms with Crippen molar-refractivity contribution >= 4 is 29.5 Å². The van der Waals surface area contributed by atoms with Crippen molar-refractivity contribution in [2.45, 2.75) is 4.90 Å². The molecular weight excluding hydrogens is 281 g/mol. The summed E-state index contributed by atoms with van der Waals surface area (Å²) in [6, 6.07) is 15.4. The second kappa shape index (κ2) is 5.51. The first-order valence-corrected chi connectivity index (χ1v) is 7.69. The fourth-order valence-corrected chi connectivity index (χ4v) is 3.03. The molecule has 19 heavy (non-hydrogen) atoms. The highest BCUT2D eigenvalue weighted by Crippen LogP contribution is 2.21. The van der Waals surface area contributed by atoms with Gasteiger partial charge in [-0.05, 0) is 42.5 Å². The number of hydrogen-bond acceptors (Lipinski definition) is 3. The van der Waals surface area contributed by atoms with Gasteiger partial charge in [0.05, 0.1) is 10.6 Å². The van der Waals surface area contributed by atoms with E-state index in [4.69, 9.17) is 0 Å².